The molecule has 0 atom stereocenters. The minimum atomic E-state index is 0.294. The summed E-state index contributed by atoms with van der Waals surface area (Å²) in [5.74, 6) is 3.28. The van der Waals surface area contributed by atoms with Gasteiger partial charge in [-0.1, -0.05) is 18.2 Å². The predicted molar refractivity (Wildman–Crippen MR) is 102 cm³/mol. The zero-order valence-electron chi connectivity index (χ0n) is 15.2. The molecular weight excluding hydrogens is 330 g/mol. The van der Waals surface area contributed by atoms with Gasteiger partial charge < -0.3 is 24.8 Å². The van der Waals surface area contributed by atoms with Gasteiger partial charge in [-0.2, -0.15) is 0 Å². The zero-order valence-corrected chi connectivity index (χ0v) is 15.2. The van der Waals surface area contributed by atoms with Crippen molar-refractivity contribution in [3.8, 4) is 17.2 Å². The number of fused-ring (bicyclic) bond motifs is 1. The Labute approximate surface area is 154 Å². The van der Waals surface area contributed by atoms with Crippen LogP contribution in [0.2, 0.25) is 0 Å². The van der Waals surface area contributed by atoms with Crippen LogP contribution in [0.5, 0.6) is 17.2 Å². The molecule has 1 aliphatic rings. The summed E-state index contributed by atoms with van der Waals surface area (Å²) in [6, 6.07) is 14.1. The topological polar surface area (TPSA) is 64.1 Å². The number of nitrogens with zero attached hydrogens (tertiary/aromatic N) is 1. The summed E-state index contributed by atoms with van der Waals surface area (Å²) < 4.78 is 16.0. The Morgan fingerprint density at radius 1 is 1.08 bits per heavy atom. The molecule has 0 saturated heterocycles. The minimum Gasteiger partial charge on any atom is -0.497 e. The van der Waals surface area contributed by atoms with E-state index in [1.165, 1.54) is 5.56 Å². The number of rotatable bonds is 7. The fraction of sp³-hybridized carbons (Fsp3) is 0.350. The highest BCUT2D eigenvalue weighted by atomic mass is 16.7. The van der Waals surface area contributed by atoms with Crippen LogP contribution in [-0.4, -0.2) is 33.5 Å². The number of nitrogens with one attached hydrogen (secondary N) is 2. The maximum atomic E-state index is 5.41. The number of aryl methyl sites for hydroxylation is 1. The van der Waals surface area contributed by atoms with Crippen molar-refractivity contribution in [1.29, 1.82) is 0 Å². The summed E-state index contributed by atoms with van der Waals surface area (Å²) >= 11 is 0. The summed E-state index contributed by atoms with van der Waals surface area (Å²) in [4.78, 5) is 4.27. The number of methoxy groups -OCH3 is 1. The quantitative estimate of drug-likeness (QED) is 0.454. The van der Waals surface area contributed by atoms with E-state index in [-0.39, 0.29) is 0 Å². The normalized spacial score (nSPS) is 12.8. The third kappa shape index (κ3) is 4.81. The molecule has 6 heteroatoms. The smallest absolute Gasteiger partial charge is 0.231 e. The lowest BCUT2D eigenvalue weighted by molar-refractivity contribution is 0.174. The first-order valence-electron chi connectivity index (χ1n) is 8.74. The third-order valence-electron chi connectivity index (χ3n) is 4.19. The number of benzene rings is 2. The van der Waals surface area contributed by atoms with Gasteiger partial charge in [-0.05, 0) is 48.2 Å². The largest absolute Gasteiger partial charge is 0.497 e. The van der Waals surface area contributed by atoms with E-state index < -0.39 is 0 Å². The van der Waals surface area contributed by atoms with Gasteiger partial charge in [0.25, 0.3) is 0 Å². The van der Waals surface area contributed by atoms with Crippen LogP contribution < -0.4 is 24.8 Å². The Bertz CT molecular complexity index is 762. The molecule has 0 spiro atoms. The van der Waals surface area contributed by atoms with E-state index in [0.29, 0.717) is 13.3 Å². The number of hydrogen-bond donors (Lipinski definition) is 2. The molecule has 26 heavy (non-hydrogen) atoms. The third-order valence-corrected chi connectivity index (χ3v) is 4.19. The van der Waals surface area contributed by atoms with Gasteiger partial charge in [0.2, 0.25) is 6.79 Å². The Balaban J connectivity index is 1.40. The fourth-order valence-electron chi connectivity index (χ4n) is 2.78. The molecule has 0 radical (unpaired) electrons. The molecule has 0 saturated carbocycles. The monoisotopic (exact) mass is 355 g/mol. The van der Waals surface area contributed by atoms with Crippen LogP contribution in [0.15, 0.2) is 47.5 Å². The van der Waals surface area contributed by atoms with Gasteiger partial charge in [-0.15, -0.1) is 0 Å². The Kier molecular flexibility index (Phi) is 6.19. The van der Waals surface area contributed by atoms with Gasteiger partial charge in [-0.25, -0.2) is 0 Å². The van der Waals surface area contributed by atoms with E-state index in [9.17, 15) is 0 Å². The lowest BCUT2D eigenvalue weighted by Crippen LogP contribution is -2.37. The number of hydrogen-bond acceptors (Lipinski definition) is 4. The van der Waals surface area contributed by atoms with Crippen LogP contribution in [0.25, 0.3) is 0 Å². The molecule has 0 aromatic heterocycles. The van der Waals surface area contributed by atoms with Crippen molar-refractivity contribution < 1.29 is 14.2 Å². The van der Waals surface area contributed by atoms with Crippen LogP contribution >= 0.6 is 0 Å². The van der Waals surface area contributed by atoms with Crippen molar-refractivity contribution in [2.24, 2.45) is 4.99 Å². The molecule has 3 rings (SSSR count). The number of guanidine groups is 1. The maximum absolute atomic E-state index is 5.41. The number of ether oxygens (including phenoxy) is 3. The lowest BCUT2D eigenvalue weighted by Gasteiger charge is -2.12. The van der Waals surface area contributed by atoms with Crippen LogP contribution in [0.3, 0.4) is 0 Å². The highest BCUT2D eigenvalue weighted by Crippen LogP contribution is 2.32. The van der Waals surface area contributed by atoms with Gasteiger partial charge in [0, 0.05) is 20.1 Å². The highest BCUT2D eigenvalue weighted by molar-refractivity contribution is 5.79. The van der Waals surface area contributed by atoms with Crippen molar-refractivity contribution in [2.45, 2.75) is 19.4 Å². The highest BCUT2D eigenvalue weighted by Gasteiger charge is 2.13. The molecule has 6 nitrogen and oxygen atoms in total. The second kappa shape index (κ2) is 8.99. The van der Waals surface area contributed by atoms with Crippen molar-refractivity contribution in [2.75, 3.05) is 27.5 Å². The van der Waals surface area contributed by atoms with Gasteiger partial charge in [0.1, 0.15) is 5.75 Å². The standard InChI is InChI=1S/C20H25N3O3/c1-21-20(22-10-4-6-15-5-3-7-17(11-15)24-2)23-13-16-8-9-18-19(12-16)26-14-25-18/h3,5,7-9,11-12H,4,6,10,13-14H2,1-2H3,(H2,21,22,23). The Morgan fingerprint density at radius 3 is 2.81 bits per heavy atom. The molecule has 2 N–H and O–H groups in total. The number of aliphatic imine (C=N–C) groups is 1. The summed E-state index contributed by atoms with van der Waals surface area (Å²) in [6.45, 7) is 1.81. The van der Waals surface area contributed by atoms with E-state index in [1.807, 2.05) is 30.3 Å². The van der Waals surface area contributed by atoms with Gasteiger partial charge in [0.05, 0.1) is 7.11 Å². The molecule has 1 heterocycles. The summed E-state index contributed by atoms with van der Waals surface area (Å²) in [5, 5.41) is 6.66. The van der Waals surface area contributed by atoms with Gasteiger partial charge >= 0.3 is 0 Å². The van der Waals surface area contributed by atoms with E-state index in [0.717, 1.165) is 48.2 Å². The average molecular weight is 355 g/mol. The molecule has 0 fully saturated rings. The molecular formula is C20H25N3O3. The van der Waals surface area contributed by atoms with Gasteiger partial charge in [0.15, 0.2) is 17.5 Å². The van der Waals surface area contributed by atoms with E-state index in [2.05, 4.69) is 27.8 Å². The zero-order chi connectivity index (χ0) is 18.2. The molecule has 138 valence electrons. The van der Waals surface area contributed by atoms with Crippen LogP contribution in [0.4, 0.5) is 0 Å². The van der Waals surface area contributed by atoms with Gasteiger partial charge in [-0.3, -0.25) is 4.99 Å². The first-order valence-corrected chi connectivity index (χ1v) is 8.74. The van der Waals surface area contributed by atoms with Crippen molar-refractivity contribution in [3.63, 3.8) is 0 Å². The molecule has 0 unspecified atom stereocenters. The average Bonchev–Trinajstić information content (AvgIpc) is 3.15. The van der Waals surface area contributed by atoms with Crippen molar-refractivity contribution in [3.05, 3.63) is 53.6 Å². The maximum Gasteiger partial charge on any atom is 0.231 e. The first-order chi connectivity index (χ1) is 12.8. The molecule has 2 aromatic rings. The lowest BCUT2D eigenvalue weighted by atomic mass is 10.1. The van der Waals surface area contributed by atoms with Crippen LogP contribution in [-0.2, 0) is 13.0 Å². The molecule has 1 aliphatic heterocycles. The fourth-order valence-corrected chi connectivity index (χ4v) is 2.78. The SMILES string of the molecule is CN=C(NCCCc1cccc(OC)c1)NCc1ccc2c(c1)OCO2. The molecule has 0 aliphatic carbocycles. The predicted octanol–water partition coefficient (Wildman–Crippen LogP) is 2.72. The second-order valence-corrected chi connectivity index (χ2v) is 6.00. The van der Waals surface area contributed by atoms with Crippen LogP contribution in [0.1, 0.15) is 17.5 Å². The van der Waals surface area contributed by atoms with Crippen molar-refractivity contribution in [1.82, 2.24) is 10.6 Å². The first kappa shape index (κ1) is 17.9. The molecule has 0 amide bonds. The van der Waals surface area contributed by atoms with Crippen molar-refractivity contribution >= 4 is 5.96 Å². The van der Waals surface area contributed by atoms with E-state index in [4.69, 9.17) is 14.2 Å². The van der Waals surface area contributed by atoms with Crippen LogP contribution in [0, 0.1) is 0 Å². The Morgan fingerprint density at radius 2 is 1.96 bits per heavy atom. The van der Waals surface area contributed by atoms with E-state index >= 15 is 0 Å². The Hall–Kier alpha value is -2.89. The van der Waals surface area contributed by atoms with E-state index in [1.54, 1.807) is 14.2 Å². The minimum absolute atomic E-state index is 0.294. The summed E-state index contributed by atoms with van der Waals surface area (Å²) in [7, 11) is 3.47. The second-order valence-electron chi connectivity index (χ2n) is 6.00. The summed E-state index contributed by atoms with van der Waals surface area (Å²) in [5.41, 5.74) is 2.39. The molecule has 0 bridgehead atoms. The summed E-state index contributed by atoms with van der Waals surface area (Å²) in [6.07, 6.45) is 2.00. The molecule has 2 aromatic carbocycles.